The molecule has 0 saturated carbocycles. The van der Waals surface area contributed by atoms with Crippen LogP contribution in [-0.4, -0.2) is 0 Å². The van der Waals surface area contributed by atoms with Crippen LogP contribution in [0.1, 0.15) is 31.9 Å². The molecule has 3 aromatic rings. The number of nitrogens with zero attached hydrogens (tertiary/aromatic N) is 1. The normalized spacial score (nSPS) is 13.0. The fourth-order valence-electron chi connectivity index (χ4n) is 3.20. The van der Waals surface area contributed by atoms with Crippen molar-refractivity contribution in [3.8, 4) is 11.5 Å². The van der Waals surface area contributed by atoms with Crippen LogP contribution in [0.25, 0.3) is 0 Å². The highest BCUT2D eigenvalue weighted by atomic mass is 16.5. The second-order valence-electron chi connectivity index (χ2n) is 7.67. The van der Waals surface area contributed by atoms with Gasteiger partial charge in [0.05, 0.1) is 11.4 Å². The van der Waals surface area contributed by atoms with E-state index in [2.05, 4.69) is 87.2 Å². The molecule has 2 nitrogen and oxygen atoms in total. The molecule has 0 unspecified atom stereocenters. The molecule has 25 heavy (non-hydrogen) atoms. The van der Waals surface area contributed by atoms with Gasteiger partial charge in [-0.2, -0.15) is 0 Å². The molecule has 2 heteroatoms. The number of benzene rings is 3. The summed E-state index contributed by atoms with van der Waals surface area (Å²) in [6.07, 6.45) is 0. The number of aryl methyl sites for hydroxylation is 1. The van der Waals surface area contributed by atoms with Crippen LogP contribution in [0.5, 0.6) is 11.5 Å². The zero-order valence-corrected chi connectivity index (χ0v) is 15.2. The molecule has 0 atom stereocenters. The quantitative estimate of drug-likeness (QED) is 0.378. The smallest absolute Gasteiger partial charge is 0.151 e. The van der Waals surface area contributed by atoms with Gasteiger partial charge in [0.15, 0.2) is 11.5 Å². The molecule has 0 aliphatic carbocycles. The highest BCUT2D eigenvalue weighted by Crippen LogP contribution is 2.50. The molecule has 126 valence electrons. The van der Waals surface area contributed by atoms with Crippen molar-refractivity contribution in [3.63, 3.8) is 0 Å². The molecule has 1 aliphatic rings. The first-order chi connectivity index (χ1) is 11.9. The Hall–Kier alpha value is -2.74. The SMILES string of the molecule is Cc1ccc(N2c3ccccc3Oc3cc(C(C)(C)C)ccc32)cc1. The molecule has 0 aromatic heterocycles. The Labute approximate surface area is 149 Å². The van der Waals surface area contributed by atoms with Gasteiger partial charge in [-0.15, -0.1) is 0 Å². The van der Waals surface area contributed by atoms with Crippen LogP contribution in [0.3, 0.4) is 0 Å². The fraction of sp³-hybridized carbons (Fsp3) is 0.217. The lowest BCUT2D eigenvalue weighted by Gasteiger charge is -2.34. The molecule has 0 spiro atoms. The van der Waals surface area contributed by atoms with E-state index < -0.39 is 0 Å². The molecule has 1 aliphatic heterocycles. The van der Waals surface area contributed by atoms with Crippen LogP contribution in [0.15, 0.2) is 66.7 Å². The number of rotatable bonds is 1. The number of para-hydroxylation sites is 2. The Balaban J connectivity index is 1.91. The fourth-order valence-corrected chi connectivity index (χ4v) is 3.20. The van der Waals surface area contributed by atoms with Gasteiger partial charge in [0.1, 0.15) is 0 Å². The van der Waals surface area contributed by atoms with Crippen molar-refractivity contribution in [2.45, 2.75) is 33.1 Å². The van der Waals surface area contributed by atoms with Gasteiger partial charge in [0.2, 0.25) is 0 Å². The van der Waals surface area contributed by atoms with Crippen molar-refractivity contribution in [1.29, 1.82) is 0 Å². The van der Waals surface area contributed by atoms with Crippen LogP contribution in [-0.2, 0) is 5.41 Å². The maximum Gasteiger partial charge on any atom is 0.151 e. The lowest BCUT2D eigenvalue weighted by atomic mass is 9.86. The molecule has 0 saturated heterocycles. The number of hydrogen-bond donors (Lipinski definition) is 0. The van der Waals surface area contributed by atoms with E-state index in [9.17, 15) is 0 Å². The van der Waals surface area contributed by atoms with Gasteiger partial charge in [-0.05, 0) is 54.3 Å². The Morgan fingerprint density at radius 3 is 2.16 bits per heavy atom. The molecular weight excluding hydrogens is 306 g/mol. The van der Waals surface area contributed by atoms with E-state index in [0.717, 1.165) is 28.6 Å². The Bertz CT molecular complexity index is 920. The summed E-state index contributed by atoms with van der Waals surface area (Å²) in [6.45, 7) is 8.79. The van der Waals surface area contributed by atoms with Crippen molar-refractivity contribution in [3.05, 3.63) is 77.9 Å². The summed E-state index contributed by atoms with van der Waals surface area (Å²) in [7, 11) is 0. The summed E-state index contributed by atoms with van der Waals surface area (Å²) >= 11 is 0. The summed E-state index contributed by atoms with van der Waals surface area (Å²) in [5.74, 6) is 1.80. The summed E-state index contributed by atoms with van der Waals surface area (Å²) in [5.41, 5.74) is 5.91. The second kappa shape index (κ2) is 5.66. The predicted octanol–water partition coefficient (Wildman–Crippen LogP) is 6.87. The van der Waals surface area contributed by atoms with Crippen LogP contribution in [0.4, 0.5) is 17.1 Å². The highest BCUT2D eigenvalue weighted by Gasteiger charge is 2.27. The van der Waals surface area contributed by atoms with Gasteiger partial charge in [0.25, 0.3) is 0 Å². The molecule has 0 fully saturated rings. The summed E-state index contributed by atoms with van der Waals surface area (Å²) < 4.78 is 6.25. The number of anilines is 3. The van der Waals surface area contributed by atoms with E-state index >= 15 is 0 Å². The van der Waals surface area contributed by atoms with Gasteiger partial charge >= 0.3 is 0 Å². The summed E-state index contributed by atoms with van der Waals surface area (Å²) in [5, 5.41) is 0. The molecule has 0 amide bonds. The number of ether oxygens (including phenoxy) is 1. The maximum atomic E-state index is 6.25. The third-order valence-corrected chi connectivity index (χ3v) is 4.68. The van der Waals surface area contributed by atoms with E-state index in [1.165, 1.54) is 11.1 Å². The Morgan fingerprint density at radius 2 is 1.44 bits per heavy atom. The minimum Gasteiger partial charge on any atom is -0.453 e. The molecule has 0 radical (unpaired) electrons. The summed E-state index contributed by atoms with van der Waals surface area (Å²) in [4.78, 5) is 2.28. The van der Waals surface area contributed by atoms with Crippen LogP contribution in [0, 0.1) is 6.92 Å². The van der Waals surface area contributed by atoms with Crippen molar-refractivity contribution < 1.29 is 4.74 Å². The van der Waals surface area contributed by atoms with Crippen LogP contribution >= 0.6 is 0 Å². The first-order valence-corrected chi connectivity index (χ1v) is 8.72. The van der Waals surface area contributed by atoms with E-state index in [4.69, 9.17) is 4.74 Å². The number of hydrogen-bond acceptors (Lipinski definition) is 2. The number of fused-ring (bicyclic) bond motifs is 2. The lowest BCUT2D eigenvalue weighted by Crippen LogP contribution is -2.17. The average molecular weight is 329 g/mol. The zero-order valence-electron chi connectivity index (χ0n) is 15.2. The first-order valence-electron chi connectivity index (χ1n) is 8.72. The Kier molecular flexibility index (Phi) is 3.57. The van der Waals surface area contributed by atoms with E-state index in [-0.39, 0.29) is 5.41 Å². The van der Waals surface area contributed by atoms with Crippen molar-refractivity contribution in [2.75, 3.05) is 4.90 Å². The lowest BCUT2D eigenvalue weighted by molar-refractivity contribution is 0.473. The molecule has 1 heterocycles. The van der Waals surface area contributed by atoms with Gasteiger partial charge < -0.3 is 9.64 Å². The predicted molar refractivity (Wildman–Crippen MR) is 105 cm³/mol. The molecular formula is C23H23NO. The third-order valence-electron chi connectivity index (χ3n) is 4.68. The van der Waals surface area contributed by atoms with E-state index in [0.29, 0.717) is 0 Å². The van der Waals surface area contributed by atoms with E-state index in [1.807, 2.05) is 12.1 Å². The molecule has 3 aromatic carbocycles. The average Bonchev–Trinajstić information content (AvgIpc) is 2.59. The second-order valence-corrected chi connectivity index (χ2v) is 7.67. The van der Waals surface area contributed by atoms with Gasteiger partial charge in [-0.1, -0.05) is 56.7 Å². The Morgan fingerprint density at radius 1 is 0.760 bits per heavy atom. The topological polar surface area (TPSA) is 12.5 Å². The highest BCUT2D eigenvalue weighted by molar-refractivity contribution is 5.86. The largest absolute Gasteiger partial charge is 0.453 e. The zero-order chi connectivity index (χ0) is 17.6. The van der Waals surface area contributed by atoms with Gasteiger partial charge in [-0.3, -0.25) is 0 Å². The monoisotopic (exact) mass is 329 g/mol. The minimum absolute atomic E-state index is 0.0873. The van der Waals surface area contributed by atoms with Crippen LogP contribution < -0.4 is 9.64 Å². The van der Waals surface area contributed by atoms with Crippen LogP contribution in [0.2, 0.25) is 0 Å². The molecule has 4 rings (SSSR count). The molecule has 0 N–H and O–H groups in total. The van der Waals surface area contributed by atoms with Crippen molar-refractivity contribution in [1.82, 2.24) is 0 Å². The maximum absolute atomic E-state index is 6.25. The first kappa shape index (κ1) is 15.8. The van der Waals surface area contributed by atoms with Gasteiger partial charge in [0, 0.05) is 5.69 Å². The van der Waals surface area contributed by atoms with Crippen molar-refractivity contribution >= 4 is 17.1 Å². The summed E-state index contributed by atoms with van der Waals surface area (Å²) in [6, 6.07) is 23.4. The third kappa shape index (κ3) is 2.78. The standard InChI is InChI=1S/C23H23NO/c1-16-9-12-18(13-10-16)24-19-7-5-6-8-21(19)25-22-15-17(23(2,3)4)11-14-20(22)24/h5-15H,1-4H3. The molecule has 0 bridgehead atoms. The van der Waals surface area contributed by atoms with Crippen molar-refractivity contribution in [2.24, 2.45) is 0 Å². The minimum atomic E-state index is 0.0873. The van der Waals surface area contributed by atoms with Gasteiger partial charge in [-0.25, -0.2) is 0 Å². The van der Waals surface area contributed by atoms with E-state index in [1.54, 1.807) is 0 Å².